The number of carboxylic acid groups (broad SMARTS) is 1. The Morgan fingerprint density at radius 1 is 1.09 bits per heavy atom. The molecule has 4 saturated heterocycles. The summed E-state index contributed by atoms with van der Waals surface area (Å²) in [6.45, 7) is 15.4. The van der Waals surface area contributed by atoms with Crippen molar-refractivity contribution in [3.63, 3.8) is 0 Å². The van der Waals surface area contributed by atoms with Crippen LogP contribution in [0.1, 0.15) is 27.8 Å². The number of piperazine rings is 3. The predicted octanol–water partition coefficient (Wildman–Crippen LogP) is 1.46. The van der Waals surface area contributed by atoms with E-state index >= 15 is 0 Å². The van der Waals surface area contributed by atoms with Gasteiger partial charge in [0.25, 0.3) is 10.0 Å². The highest BCUT2D eigenvalue weighted by Crippen LogP contribution is 2.50. The number of quaternary nitrogens is 2. The molecule has 6 aliphatic heterocycles. The Kier molecular flexibility index (Phi) is 7.14. The number of hydrogen-bond donors (Lipinski definition) is 3. The molecule has 4 N–H and O–H groups in total. The van der Waals surface area contributed by atoms with Gasteiger partial charge in [0.05, 0.1) is 48.3 Å². The van der Waals surface area contributed by atoms with Crippen molar-refractivity contribution in [3.8, 4) is 0 Å². The van der Waals surface area contributed by atoms with Gasteiger partial charge in [0.1, 0.15) is 45.0 Å². The summed E-state index contributed by atoms with van der Waals surface area (Å²) < 4.78 is 31.7. The van der Waals surface area contributed by atoms with Gasteiger partial charge < -0.3 is 29.8 Å². The fourth-order valence-corrected chi connectivity index (χ4v) is 10.8. The smallest absolute Gasteiger partial charge is 0.477 e. The van der Waals surface area contributed by atoms with Crippen molar-refractivity contribution in [1.82, 2.24) is 4.90 Å². The molecule has 0 spiro atoms. The van der Waals surface area contributed by atoms with Crippen LogP contribution in [0.25, 0.3) is 10.8 Å². The zero-order chi connectivity index (χ0) is 32.1. The van der Waals surface area contributed by atoms with Crippen LogP contribution in [0, 0.1) is 17.8 Å². The third-order valence-corrected chi connectivity index (χ3v) is 13.6. The zero-order valence-electron chi connectivity index (χ0n) is 27.4. The lowest BCUT2D eigenvalue weighted by atomic mass is 9.78. The van der Waals surface area contributed by atoms with E-state index in [9.17, 15) is 28.2 Å². The summed E-state index contributed by atoms with van der Waals surface area (Å²) >= 11 is 0. The molecular weight excluding hydrogens is 594 g/mol. The van der Waals surface area contributed by atoms with Crippen molar-refractivity contribution in [2.24, 2.45) is 23.5 Å². The Bertz CT molecular complexity index is 1720. The van der Waals surface area contributed by atoms with E-state index in [-0.39, 0.29) is 18.6 Å². The van der Waals surface area contributed by atoms with E-state index in [1.165, 1.54) is 40.2 Å². The molecule has 2 aromatic rings. The molecule has 2 bridgehead atoms. The summed E-state index contributed by atoms with van der Waals surface area (Å²) in [6, 6.07) is 8.83. The second-order valence-corrected chi connectivity index (χ2v) is 16.2. The number of benzene rings is 2. The molecular formula is C33H46N5O6S+3. The van der Waals surface area contributed by atoms with Gasteiger partial charge in [0, 0.05) is 30.2 Å². The fourth-order valence-electron chi connectivity index (χ4n) is 9.13. The number of amides is 1. The molecule has 6 heterocycles. The van der Waals surface area contributed by atoms with Gasteiger partial charge in [0.15, 0.2) is 0 Å². The maximum atomic E-state index is 14.0. The summed E-state index contributed by atoms with van der Waals surface area (Å²) in [5.74, 6) is -2.29. The average molecular weight is 641 g/mol. The second kappa shape index (κ2) is 10.5. The third-order valence-electron chi connectivity index (χ3n) is 11.8. The van der Waals surface area contributed by atoms with Gasteiger partial charge in [-0.05, 0) is 35.6 Å². The Balaban J connectivity index is 0.00000372. The zero-order valence-corrected chi connectivity index (χ0v) is 27.2. The van der Waals surface area contributed by atoms with Crippen LogP contribution in [0.15, 0.2) is 46.5 Å². The van der Waals surface area contributed by atoms with Crippen molar-refractivity contribution in [3.05, 3.63) is 47.2 Å². The van der Waals surface area contributed by atoms with E-state index in [0.29, 0.717) is 22.6 Å². The van der Waals surface area contributed by atoms with Crippen molar-refractivity contribution in [2.75, 3.05) is 69.8 Å². The number of aliphatic hydroxyl groups is 1. The summed E-state index contributed by atoms with van der Waals surface area (Å²) in [4.78, 5) is 26.7. The van der Waals surface area contributed by atoms with Gasteiger partial charge in [0.2, 0.25) is 5.91 Å². The van der Waals surface area contributed by atoms with Gasteiger partial charge in [-0.15, -0.1) is 0 Å². The molecule has 6 aliphatic rings. The fraction of sp³-hybridized carbons (Fsp3) is 0.576. The molecule has 8 rings (SSSR count). The van der Waals surface area contributed by atoms with Crippen molar-refractivity contribution < 1.29 is 38.6 Å². The molecule has 5 atom stereocenters. The molecule has 1 amide bonds. The van der Waals surface area contributed by atoms with Crippen LogP contribution < -0.4 is 10.0 Å². The Labute approximate surface area is 266 Å². The van der Waals surface area contributed by atoms with Crippen LogP contribution in [0.2, 0.25) is 0 Å². The van der Waals surface area contributed by atoms with Gasteiger partial charge in [-0.1, -0.05) is 32.0 Å². The van der Waals surface area contributed by atoms with Crippen molar-refractivity contribution in [2.45, 2.75) is 44.2 Å². The van der Waals surface area contributed by atoms with E-state index in [0.717, 1.165) is 61.1 Å². The van der Waals surface area contributed by atoms with Gasteiger partial charge in [-0.25, -0.2) is 13.2 Å². The van der Waals surface area contributed by atoms with E-state index in [1.54, 1.807) is 12.1 Å². The Morgan fingerprint density at radius 3 is 2.38 bits per heavy atom. The van der Waals surface area contributed by atoms with Crippen molar-refractivity contribution >= 4 is 38.4 Å². The Hall–Kier alpha value is -3.03. The number of aliphatic carboxylic acids is 1. The first-order chi connectivity index (χ1) is 21.3. The van der Waals surface area contributed by atoms with Crippen LogP contribution in [-0.2, 0) is 26.0 Å². The van der Waals surface area contributed by atoms with E-state index in [4.69, 9.17) is 5.73 Å². The minimum atomic E-state index is -3.96. The minimum Gasteiger partial charge on any atom is -0.477 e. The number of nitrogens with zero attached hydrogens (tertiary/aromatic N) is 4. The molecule has 3 unspecified atom stereocenters. The first-order valence-electron chi connectivity index (χ1n) is 16.3. The number of carboxylic acids is 1. The van der Waals surface area contributed by atoms with Crippen LogP contribution in [0.4, 0.5) is 5.69 Å². The summed E-state index contributed by atoms with van der Waals surface area (Å²) in [5.41, 5.74) is 7.84. The highest BCUT2D eigenvalue weighted by molar-refractivity contribution is 7.93. The van der Waals surface area contributed by atoms with Crippen LogP contribution in [-0.4, -0.2) is 122 Å². The molecule has 242 valence electrons. The summed E-state index contributed by atoms with van der Waals surface area (Å²) in [5, 5.41) is 21.9. The first kappa shape index (κ1) is 30.6. The number of nitrogens with two attached hydrogens (primary N) is 1. The monoisotopic (exact) mass is 640 g/mol. The number of carbonyl (C=O) groups is 2. The Morgan fingerprint density at radius 2 is 1.76 bits per heavy atom. The molecule has 12 heteroatoms. The number of carbonyl (C=O) groups excluding carboxylic acids is 1. The lowest BCUT2D eigenvalue weighted by molar-refractivity contribution is -1.08. The normalized spacial score (nSPS) is 32.6. The second-order valence-electron chi connectivity index (χ2n) is 14.4. The molecule has 45 heavy (non-hydrogen) atoms. The maximum Gasteiger partial charge on any atom is 1.00 e. The number of fused-ring (bicyclic) bond motifs is 4. The molecule has 0 aliphatic carbocycles. The summed E-state index contributed by atoms with van der Waals surface area (Å²) in [7, 11) is -3.96. The highest BCUT2D eigenvalue weighted by Gasteiger charge is 2.60. The standard InChI is InChI=1S/C33H44N5O6S/c1-20(17-34)19-38-14-11-37(12-15-38,13-16-38)10-9-23-7-8-27-29-24(23)5-4-6-26(29)35(45(27,43)44)18-25-21(2)30-28(22(3)39)32(40)36(30)31(25)33(41)42/h4-8,20-22,28,30,39H,9-19,34H2,1-3H3/q+1/p+2/t20-,21+,22?,28?,30?,37?,38?/m1/s1. The van der Waals surface area contributed by atoms with Gasteiger partial charge in [-0.2, -0.15) is 0 Å². The number of rotatable bonds is 10. The maximum absolute atomic E-state index is 14.0. The molecule has 11 nitrogen and oxygen atoms in total. The largest absolute Gasteiger partial charge is 1.00 e. The lowest BCUT2D eigenvalue weighted by Gasteiger charge is -2.56. The first-order valence-corrected chi connectivity index (χ1v) is 17.7. The van der Waals surface area contributed by atoms with E-state index < -0.39 is 45.9 Å². The number of aliphatic hydroxyl groups excluding tert-OH is 1. The number of sulfonamides is 1. The minimum absolute atomic E-state index is 0. The number of anilines is 1. The van der Waals surface area contributed by atoms with Crippen LogP contribution in [0.3, 0.4) is 0 Å². The molecule has 0 radical (unpaired) electrons. The third kappa shape index (κ3) is 4.47. The molecule has 0 aromatic heterocycles. The topological polar surface area (TPSA) is 141 Å². The van der Waals surface area contributed by atoms with E-state index in [2.05, 4.69) is 6.92 Å². The lowest BCUT2D eigenvalue weighted by Crippen LogP contribution is -2.75. The molecule has 0 saturated carbocycles. The molecule has 2 aromatic carbocycles. The van der Waals surface area contributed by atoms with Crippen LogP contribution in [0.5, 0.6) is 0 Å². The quantitative estimate of drug-likeness (QED) is 0.264. The molecule has 4 fully saturated rings. The van der Waals surface area contributed by atoms with Gasteiger partial charge in [-0.3, -0.25) is 9.10 Å². The van der Waals surface area contributed by atoms with Crippen molar-refractivity contribution in [1.29, 1.82) is 0 Å². The predicted molar refractivity (Wildman–Crippen MR) is 171 cm³/mol. The van der Waals surface area contributed by atoms with Crippen LogP contribution >= 0.6 is 0 Å². The average Bonchev–Trinajstić information content (AvgIpc) is 3.38. The van der Waals surface area contributed by atoms with E-state index in [1.807, 2.05) is 25.1 Å². The number of β-lactam (4-membered cyclic amide) rings is 1. The van der Waals surface area contributed by atoms with Gasteiger partial charge >= 0.3 is 7.40 Å². The highest BCUT2D eigenvalue weighted by atomic mass is 32.2. The number of hydrogen-bond acceptors (Lipinski definition) is 6. The SMILES string of the molecule is CC(O)C1C(=O)N2C(C(=O)O)=C(CN3c4cccc5c(CC[N+]67CC[N+](C[C@H](C)CN)(CC6)CC7)ccc(c45)S3(=O)=O)[C@H](C)C12.[H+]. The summed E-state index contributed by atoms with van der Waals surface area (Å²) in [6.07, 6.45) is -0.0750.